The Morgan fingerprint density at radius 1 is 0.496 bits per heavy atom. The molecule has 0 aliphatic carbocycles. The SMILES string of the molecule is CC(/C=C/C(=O)NO)=C\[C@@H](C)C(=O)c1ccc(N(C)C)cc1.O=C(/C=C/c1ccc(CN(CCO)CCc2cc3ccccc3[nH]2)cc1)NO.O=C(/C=C/c1ccc(NCc2ccccc2)cc1)NO.O=C(CCCCCCC(=O)Nc1ccc(C2O[C@@H](CSc3nc(-c4ccccc4)c(-c4ccccc4)o3)C[C@@H](c3ccc(CO)cc3)O2)cc1)NO.O=C(CCCCCCC(=O)Nc1ccccc1)NO. The van der Waals surface area contributed by atoms with Crippen LogP contribution in [0.5, 0.6) is 0 Å². The van der Waals surface area contributed by atoms with Gasteiger partial charge in [-0.05, 0) is 156 Å². The molecule has 0 saturated carbocycles. The van der Waals surface area contributed by atoms with Crippen LogP contribution in [-0.2, 0) is 69.2 Å². The standard InChI is InChI=1S/C41H43N3O7S.C22H25N3O3.C17H22N2O3.C16H16N2O2.C14H20N2O3/c45-26-28-17-19-29(20-18-28)35-25-34(27-52-41-43-38(30-11-5-3-6-12-30)39(51-41)31-13-7-4-8-14-31)49-40(50-35)32-21-23-33(24-22-32)42-36(46)15-9-1-2-10-16-37(47)44-48;26-14-13-25(12-11-20-15-19-3-1-2-4-21(19)23-20)16-18-7-5-17(6-8-18)9-10-22(27)24-28;1-12(5-10-16(20)18-22)11-13(2)17(21)14-6-8-15(9-7-14)19(3)4;19-16(18-20)11-8-13-6-9-15(10-7-13)17-12-14-4-2-1-3-5-14;17-13(15-12-8-4-3-5-9-12)10-6-1-2-7-11-14(18)16-19/h3-8,11-14,17-24,34-35,40,45,48H,1-2,9-10,15-16,25-27H2,(H,42,46)(H,44,47);1-10,15,23,26,28H,11-14,16H2,(H,24,27);5-11,13,22H,1-4H3,(H,18,20);1-11,17,20H,12H2,(H,18,19);3-5,8-9,19H,1-2,6-7,10-11H2,(H,15,17)(H,16,18)/b;10-9+;10-5+,12-11+;11-8+;/t34-,35+,40?;;13-;;/m1.1../s1. The van der Waals surface area contributed by atoms with Crippen LogP contribution in [-0.4, -0.2) is 144 Å². The second-order valence-corrected chi connectivity index (χ2v) is 34.3. The van der Waals surface area contributed by atoms with Gasteiger partial charge in [-0.15, -0.1) is 0 Å². The Labute approximate surface area is 825 Å². The molecular weight excluding hydrogens is 1810 g/mol. The summed E-state index contributed by atoms with van der Waals surface area (Å²) in [6, 6.07) is 88.2. The Bertz CT molecular complexity index is 5840. The van der Waals surface area contributed by atoms with Crippen LogP contribution in [0.3, 0.4) is 0 Å². The first kappa shape index (κ1) is 110. The quantitative estimate of drug-likeness (QED) is 0.00321. The minimum absolute atomic E-state index is 0.0132. The monoisotopic (exact) mass is 1930 g/mol. The molecule has 740 valence electrons. The van der Waals surface area contributed by atoms with Crippen molar-refractivity contribution in [3.05, 3.63) is 359 Å². The number of allylic oxidation sites excluding steroid dienone is 3. The van der Waals surface area contributed by atoms with Crippen LogP contribution in [0.25, 0.3) is 45.6 Å². The van der Waals surface area contributed by atoms with E-state index in [9.17, 15) is 48.6 Å². The number of Topliss-reactive ketones (excluding diaryl/α,β-unsaturated/α-hetero) is 1. The first-order valence-corrected chi connectivity index (χ1v) is 47.6. The molecule has 4 atom stereocenters. The number of rotatable bonds is 44. The van der Waals surface area contributed by atoms with Crippen LogP contribution < -0.4 is 48.3 Å². The van der Waals surface area contributed by atoms with Crippen molar-refractivity contribution in [2.45, 2.75) is 147 Å². The van der Waals surface area contributed by atoms with Crippen LogP contribution in [0.1, 0.15) is 165 Å². The van der Waals surface area contributed by atoms with Gasteiger partial charge >= 0.3 is 0 Å². The van der Waals surface area contributed by atoms with Gasteiger partial charge in [-0.3, -0.25) is 69.3 Å². The lowest BCUT2D eigenvalue weighted by Crippen LogP contribution is -2.31. The fourth-order valence-corrected chi connectivity index (χ4v) is 15.5. The van der Waals surface area contributed by atoms with Gasteiger partial charge in [-0.2, -0.15) is 0 Å². The van der Waals surface area contributed by atoms with E-state index in [0.29, 0.717) is 67.3 Å². The maximum absolute atomic E-state index is 12.6. The van der Waals surface area contributed by atoms with E-state index in [-0.39, 0.29) is 61.3 Å². The summed E-state index contributed by atoms with van der Waals surface area (Å²) in [6.07, 6.45) is 18.5. The lowest BCUT2D eigenvalue weighted by Gasteiger charge is -2.36. The topological polar surface area (TPSA) is 441 Å². The number of ketones is 1. The summed E-state index contributed by atoms with van der Waals surface area (Å²) in [5.74, 6) is -1.51. The highest BCUT2D eigenvalue weighted by atomic mass is 32.2. The van der Waals surface area contributed by atoms with E-state index in [1.165, 1.54) is 52.1 Å². The number of oxazole rings is 1. The zero-order valence-corrected chi connectivity index (χ0v) is 80.4. The number of aliphatic hydroxyl groups excluding tert-OH is 2. The highest BCUT2D eigenvalue weighted by molar-refractivity contribution is 7.99. The molecule has 1 unspecified atom stereocenters. The van der Waals surface area contributed by atoms with Crippen molar-refractivity contribution in [1.82, 2.24) is 42.3 Å². The van der Waals surface area contributed by atoms with Crippen molar-refractivity contribution >= 4 is 105 Å². The summed E-state index contributed by atoms with van der Waals surface area (Å²) in [5.41, 5.74) is 24.6. The number of unbranched alkanes of at least 4 members (excludes halogenated alkanes) is 6. The van der Waals surface area contributed by atoms with Gasteiger partial charge in [-0.1, -0.05) is 262 Å². The van der Waals surface area contributed by atoms with Crippen molar-refractivity contribution < 1.29 is 88.5 Å². The molecule has 30 nitrogen and oxygen atoms in total. The number of carbonyl (C=O) groups is 8. The third-order valence-electron chi connectivity index (χ3n) is 22.2. The summed E-state index contributed by atoms with van der Waals surface area (Å²) in [7, 11) is 3.89. The molecule has 0 bridgehead atoms. The molecule has 141 heavy (non-hydrogen) atoms. The number of para-hydroxylation sites is 2. The Balaban J connectivity index is 0.000000212. The van der Waals surface area contributed by atoms with Crippen molar-refractivity contribution in [3.63, 3.8) is 0 Å². The predicted molar refractivity (Wildman–Crippen MR) is 548 cm³/mol. The van der Waals surface area contributed by atoms with Crippen LogP contribution in [0, 0.1) is 5.92 Å². The van der Waals surface area contributed by atoms with Crippen molar-refractivity contribution in [3.8, 4) is 22.6 Å². The lowest BCUT2D eigenvalue weighted by molar-refractivity contribution is -0.245. The second kappa shape index (κ2) is 61.7. The third kappa shape index (κ3) is 40.4. The average molecular weight is 1940 g/mol. The number of carbonyl (C=O) groups excluding carboxylic acids is 8. The van der Waals surface area contributed by atoms with Crippen LogP contribution in [0.4, 0.5) is 22.7 Å². The maximum Gasteiger partial charge on any atom is 0.267 e. The number of hydrogen-bond donors (Lipinski definition) is 16. The normalized spacial score (nSPS) is 13.4. The number of amides is 7. The van der Waals surface area contributed by atoms with E-state index in [2.05, 4.69) is 56.2 Å². The molecule has 1 aliphatic rings. The molecule has 10 aromatic carbocycles. The summed E-state index contributed by atoms with van der Waals surface area (Å²) >= 11 is 1.51. The van der Waals surface area contributed by atoms with Crippen LogP contribution in [0.15, 0.2) is 319 Å². The number of aliphatic hydroxyl groups is 2. The zero-order chi connectivity index (χ0) is 101. The van der Waals surface area contributed by atoms with E-state index in [0.717, 1.165) is 149 Å². The number of H-pyrrole nitrogens is 1. The van der Waals surface area contributed by atoms with Gasteiger partial charge in [0.2, 0.25) is 23.6 Å². The van der Waals surface area contributed by atoms with Crippen molar-refractivity contribution in [1.29, 1.82) is 0 Å². The van der Waals surface area contributed by atoms with Gasteiger partial charge in [0, 0.05) is 165 Å². The minimum atomic E-state index is -0.649. The molecule has 1 aliphatic heterocycles. The van der Waals surface area contributed by atoms with Crippen LogP contribution >= 0.6 is 11.8 Å². The minimum Gasteiger partial charge on any atom is -0.431 e. The lowest BCUT2D eigenvalue weighted by atomic mass is 9.97. The summed E-state index contributed by atoms with van der Waals surface area (Å²) in [4.78, 5) is 104. The summed E-state index contributed by atoms with van der Waals surface area (Å²) in [5, 5.41) is 72.0. The van der Waals surface area contributed by atoms with Crippen molar-refractivity contribution in [2.24, 2.45) is 5.92 Å². The Morgan fingerprint density at radius 2 is 0.993 bits per heavy atom. The molecule has 31 heteroatoms. The molecule has 1 fully saturated rings. The molecule has 12 aromatic rings. The number of anilines is 4. The van der Waals surface area contributed by atoms with E-state index in [1.807, 2.05) is 269 Å². The van der Waals surface area contributed by atoms with E-state index < -0.39 is 29.9 Å². The highest BCUT2D eigenvalue weighted by Gasteiger charge is 2.33. The molecule has 1 saturated heterocycles. The molecular formula is C110H126N12O18S. The number of aromatic amines is 1. The Hall–Kier alpha value is -14.6. The molecule has 16 N–H and O–H groups in total. The second-order valence-electron chi connectivity index (χ2n) is 33.3. The fourth-order valence-electron chi connectivity index (χ4n) is 14.6. The highest BCUT2D eigenvalue weighted by Crippen LogP contribution is 2.42. The molecule has 2 aromatic heterocycles. The number of hydrogen-bond acceptors (Lipinski definition) is 23. The van der Waals surface area contributed by atoms with Gasteiger partial charge in [0.05, 0.1) is 25.4 Å². The van der Waals surface area contributed by atoms with Crippen LogP contribution in [0.2, 0.25) is 0 Å². The number of thioether (sulfide) groups is 1. The first-order chi connectivity index (χ1) is 68.5. The van der Waals surface area contributed by atoms with E-state index in [1.54, 1.807) is 53.1 Å². The molecule has 7 amide bonds. The number of aromatic nitrogens is 2. The van der Waals surface area contributed by atoms with Gasteiger partial charge in [0.25, 0.3) is 22.9 Å². The van der Waals surface area contributed by atoms with Gasteiger partial charge in [0.15, 0.2) is 17.8 Å². The largest absolute Gasteiger partial charge is 0.431 e. The molecule has 3 heterocycles. The first-order valence-electron chi connectivity index (χ1n) is 46.6. The Morgan fingerprint density at radius 3 is 1.53 bits per heavy atom. The average Bonchev–Trinajstić information content (AvgIpc) is 1.71. The fraction of sp³-hybridized carbons (Fsp3) is 0.264. The van der Waals surface area contributed by atoms with Crippen molar-refractivity contribution in [2.75, 3.05) is 60.4 Å². The molecule has 13 rings (SSSR count). The third-order valence-corrected chi connectivity index (χ3v) is 23.2. The van der Waals surface area contributed by atoms with E-state index in [4.69, 9.17) is 44.9 Å². The smallest absolute Gasteiger partial charge is 0.267 e. The number of hydroxylamine groups is 5. The number of fused-ring (bicyclic) bond motifs is 1. The number of nitrogens with one attached hydrogen (secondary N) is 9. The number of nitrogens with zero attached hydrogens (tertiary/aromatic N) is 3. The van der Waals surface area contributed by atoms with Gasteiger partial charge in [0.1, 0.15) is 5.69 Å². The van der Waals surface area contributed by atoms with Gasteiger partial charge < -0.3 is 49.9 Å². The number of ether oxygens (including phenoxy) is 2. The molecule has 0 spiro atoms. The summed E-state index contributed by atoms with van der Waals surface area (Å²) in [6.45, 7) is 6.64. The van der Waals surface area contributed by atoms with Gasteiger partial charge in [-0.25, -0.2) is 32.4 Å². The maximum atomic E-state index is 12.6. The Kier molecular flexibility index (Phi) is 48.1. The van der Waals surface area contributed by atoms with E-state index >= 15 is 0 Å². The predicted octanol–water partition coefficient (Wildman–Crippen LogP) is 19.2. The number of benzene rings is 10. The zero-order valence-electron chi connectivity index (χ0n) is 79.6. The summed E-state index contributed by atoms with van der Waals surface area (Å²) < 4.78 is 19.4. The molecule has 0 radical (unpaired) electrons.